The normalized spacial score (nSPS) is 12.1. The second-order valence-corrected chi connectivity index (χ2v) is 5.55. The maximum atomic E-state index is 11.7. The first kappa shape index (κ1) is 16.7. The Balaban J connectivity index is 1.78. The molecule has 2 aromatic rings. The maximum absolute atomic E-state index is 11.7. The van der Waals surface area contributed by atoms with Crippen LogP contribution in [0.5, 0.6) is 5.75 Å². The molecule has 2 rings (SSSR count). The van der Waals surface area contributed by atoms with E-state index in [1.54, 1.807) is 6.21 Å². The number of hydrazone groups is 1. The van der Waals surface area contributed by atoms with Gasteiger partial charge in [0, 0.05) is 12.1 Å². The predicted molar refractivity (Wildman–Crippen MR) is 92.9 cm³/mol. The molecule has 0 aliphatic carbocycles. The average molecular weight is 310 g/mol. The summed E-state index contributed by atoms with van der Waals surface area (Å²) in [4.78, 5) is 11.7. The van der Waals surface area contributed by atoms with E-state index in [4.69, 9.17) is 4.74 Å². The minimum atomic E-state index is -0.278. The van der Waals surface area contributed by atoms with Gasteiger partial charge in [-0.05, 0) is 42.7 Å². The van der Waals surface area contributed by atoms with Crippen molar-refractivity contribution in [2.75, 3.05) is 6.61 Å². The summed E-state index contributed by atoms with van der Waals surface area (Å²) in [7, 11) is 0. The lowest BCUT2D eigenvalue weighted by atomic mass is 10.0. The van der Waals surface area contributed by atoms with Crippen LogP contribution in [0.25, 0.3) is 0 Å². The number of carbonyl (C=O) groups excluding carboxylic acids is 1. The molecule has 1 N–H and O–H groups in total. The van der Waals surface area contributed by atoms with Gasteiger partial charge in [0.15, 0.2) is 6.61 Å². The molecule has 0 heterocycles. The third kappa shape index (κ3) is 5.25. The van der Waals surface area contributed by atoms with Crippen LogP contribution in [0.2, 0.25) is 0 Å². The van der Waals surface area contributed by atoms with Crippen molar-refractivity contribution in [1.82, 2.24) is 5.43 Å². The van der Waals surface area contributed by atoms with E-state index in [1.165, 1.54) is 5.56 Å². The Morgan fingerprint density at radius 2 is 1.91 bits per heavy atom. The number of rotatable bonds is 6. The zero-order valence-electron chi connectivity index (χ0n) is 13.7. The molecule has 0 bridgehead atoms. The fraction of sp³-hybridized carbons (Fsp3) is 0.263. The molecule has 1 atom stereocenters. The molecule has 1 amide bonds. The lowest BCUT2D eigenvalue weighted by Gasteiger charge is -2.08. The minimum absolute atomic E-state index is 0.0560. The Kier molecular flexibility index (Phi) is 5.92. The fourth-order valence-corrected chi connectivity index (χ4v) is 2.05. The van der Waals surface area contributed by atoms with Gasteiger partial charge in [-0.2, -0.15) is 5.10 Å². The van der Waals surface area contributed by atoms with E-state index in [-0.39, 0.29) is 18.4 Å². The van der Waals surface area contributed by atoms with Gasteiger partial charge in [-0.25, -0.2) is 5.43 Å². The van der Waals surface area contributed by atoms with Crippen LogP contribution in [0.4, 0.5) is 0 Å². The van der Waals surface area contributed by atoms with E-state index in [2.05, 4.69) is 10.5 Å². The molecular formula is C19H22N2O2. The molecule has 0 saturated carbocycles. The van der Waals surface area contributed by atoms with Gasteiger partial charge < -0.3 is 4.74 Å². The SMILES string of the molecule is Cc1ccc(OCC(=O)NN=CC(C)c2ccccc2)cc1C. The van der Waals surface area contributed by atoms with Crippen LogP contribution in [0.15, 0.2) is 53.6 Å². The van der Waals surface area contributed by atoms with Crippen LogP contribution in [0.3, 0.4) is 0 Å². The molecule has 0 aromatic heterocycles. The average Bonchev–Trinajstić information content (AvgIpc) is 2.56. The molecule has 0 aliphatic heterocycles. The highest BCUT2D eigenvalue weighted by molar-refractivity contribution is 5.79. The number of nitrogens with one attached hydrogen (secondary N) is 1. The highest BCUT2D eigenvalue weighted by Gasteiger charge is 2.04. The number of aryl methyl sites for hydroxylation is 2. The monoisotopic (exact) mass is 310 g/mol. The van der Waals surface area contributed by atoms with Crippen molar-refractivity contribution in [2.24, 2.45) is 5.10 Å². The molecule has 0 aliphatic rings. The van der Waals surface area contributed by atoms with Crippen molar-refractivity contribution >= 4 is 12.1 Å². The first-order valence-corrected chi connectivity index (χ1v) is 7.63. The van der Waals surface area contributed by atoms with Crippen molar-refractivity contribution in [3.63, 3.8) is 0 Å². The number of benzene rings is 2. The molecule has 120 valence electrons. The second kappa shape index (κ2) is 8.13. The predicted octanol–water partition coefficient (Wildman–Crippen LogP) is 3.59. The molecule has 4 heteroatoms. The molecular weight excluding hydrogens is 288 g/mol. The summed E-state index contributed by atoms with van der Waals surface area (Å²) in [6.07, 6.45) is 1.71. The van der Waals surface area contributed by atoms with Crippen LogP contribution >= 0.6 is 0 Å². The van der Waals surface area contributed by atoms with Gasteiger partial charge in [-0.1, -0.05) is 43.3 Å². The molecule has 1 unspecified atom stereocenters. The van der Waals surface area contributed by atoms with E-state index in [1.807, 2.05) is 69.3 Å². The standard InChI is InChI=1S/C19H22N2O2/c1-14-9-10-18(11-15(14)2)23-13-19(22)21-20-12-16(3)17-7-5-4-6-8-17/h4-12,16H,13H2,1-3H3,(H,21,22). The summed E-state index contributed by atoms with van der Waals surface area (Å²) < 4.78 is 5.46. The van der Waals surface area contributed by atoms with Crippen LogP contribution in [0, 0.1) is 13.8 Å². The van der Waals surface area contributed by atoms with E-state index < -0.39 is 0 Å². The fourth-order valence-electron chi connectivity index (χ4n) is 2.05. The van der Waals surface area contributed by atoms with Crippen LogP contribution in [-0.4, -0.2) is 18.7 Å². The van der Waals surface area contributed by atoms with Crippen LogP contribution in [0.1, 0.15) is 29.5 Å². The second-order valence-electron chi connectivity index (χ2n) is 5.55. The first-order valence-electron chi connectivity index (χ1n) is 7.63. The lowest BCUT2D eigenvalue weighted by Crippen LogP contribution is -2.24. The zero-order chi connectivity index (χ0) is 16.7. The van der Waals surface area contributed by atoms with Gasteiger partial charge in [-0.3, -0.25) is 4.79 Å². The molecule has 23 heavy (non-hydrogen) atoms. The number of amides is 1. The summed E-state index contributed by atoms with van der Waals surface area (Å²) in [5, 5.41) is 3.99. The molecule has 0 spiro atoms. The van der Waals surface area contributed by atoms with Crippen molar-refractivity contribution < 1.29 is 9.53 Å². The number of carbonyl (C=O) groups is 1. The summed E-state index contributed by atoms with van der Waals surface area (Å²) >= 11 is 0. The van der Waals surface area contributed by atoms with Gasteiger partial charge in [-0.15, -0.1) is 0 Å². The molecule has 0 saturated heterocycles. The topological polar surface area (TPSA) is 50.7 Å². The number of hydrogen-bond acceptors (Lipinski definition) is 3. The summed E-state index contributed by atoms with van der Waals surface area (Å²) in [5.74, 6) is 0.543. The summed E-state index contributed by atoms with van der Waals surface area (Å²) in [6, 6.07) is 15.7. The van der Waals surface area contributed by atoms with Gasteiger partial charge >= 0.3 is 0 Å². The third-order valence-corrected chi connectivity index (χ3v) is 3.66. The summed E-state index contributed by atoms with van der Waals surface area (Å²) in [6.45, 7) is 6.02. The van der Waals surface area contributed by atoms with Crippen molar-refractivity contribution in [3.05, 3.63) is 65.2 Å². The first-order chi connectivity index (χ1) is 11.1. The largest absolute Gasteiger partial charge is 0.484 e. The quantitative estimate of drug-likeness (QED) is 0.655. The zero-order valence-corrected chi connectivity index (χ0v) is 13.7. The number of ether oxygens (including phenoxy) is 1. The minimum Gasteiger partial charge on any atom is -0.484 e. The van der Waals surface area contributed by atoms with E-state index in [0.29, 0.717) is 5.75 Å². The Hall–Kier alpha value is -2.62. The number of nitrogens with zero attached hydrogens (tertiary/aromatic N) is 1. The summed E-state index contributed by atoms with van der Waals surface area (Å²) in [5.41, 5.74) is 5.97. The van der Waals surface area contributed by atoms with Gasteiger partial charge in [0.1, 0.15) is 5.75 Å². The number of hydrogen-bond donors (Lipinski definition) is 1. The van der Waals surface area contributed by atoms with Crippen molar-refractivity contribution in [1.29, 1.82) is 0 Å². The molecule has 0 fully saturated rings. The Morgan fingerprint density at radius 1 is 1.17 bits per heavy atom. The van der Waals surface area contributed by atoms with Crippen LogP contribution in [-0.2, 0) is 4.79 Å². The highest BCUT2D eigenvalue weighted by atomic mass is 16.5. The van der Waals surface area contributed by atoms with E-state index >= 15 is 0 Å². The maximum Gasteiger partial charge on any atom is 0.277 e. The molecule has 4 nitrogen and oxygen atoms in total. The molecule has 0 radical (unpaired) electrons. The lowest BCUT2D eigenvalue weighted by molar-refractivity contribution is -0.123. The van der Waals surface area contributed by atoms with Crippen LogP contribution < -0.4 is 10.2 Å². The Bertz CT molecular complexity index is 681. The molecule has 2 aromatic carbocycles. The van der Waals surface area contributed by atoms with Gasteiger partial charge in [0.05, 0.1) is 0 Å². The van der Waals surface area contributed by atoms with Gasteiger partial charge in [0.2, 0.25) is 0 Å². The van der Waals surface area contributed by atoms with E-state index in [9.17, 15) is 4.79 Å². The highest BCUT2D eigenvalue weighted by Crippen LogP contribution is 2.16. The smallest absolute Gasteiger partial charge is 0.277 e. The van der Waals surface area contributed by atoms with Gasteiger partial charge in [0.25, 0.3) is 5.91 Å². The Morgan fingerprint density at radius 3 is 2.61 bits per heavy atom. The third-order valence-electron chi connectivity index (χ3n) is 3.66. The van der Waals surface area contributed by atoms with Crippen molar-refractivity contribution in [2.45, 2.75) is 26.7 Å². The van der Waals surface area contributed by atoms with E-state index in [0.717, 1.165) is 11.1 Å². The Labute approximate surface area is 137 Å². The van der Waals surface area contributed by atoms with Crippen molar-refractivity contribution in [3.8, 4) is 5.75 Å².